The SMILES string of the molecule is C=CC(=C)Nc1ccc(CCn2c(C#N)cc3c(C)c(CN4CCC(Nc5ncnc6sc(CC(F)(F)F)cc56)CC4)ccc32)nc1C. The number of hydrogen-bond donors (Lipinski definition) is 2. The number of aromatic nitrogens is 4. The van der Waals surface area contributed by atoms with E-state index in [2.05, 4.69) is 68.4 Å². The van der Waals surface area contributed by atoms with Crippen LogP contribution in [0.3, 0.4) is 0 Å². The Balaban J connectivity index is 1.09. The number of benzene rings is 1. The molecule has 0 amide bonds. The molecule has 48 heavy (non-hydrogen) atoms. The highest BCUT2D eigenvalue weighted by atomic mass is 32.1. The molecule has 0 radical (unpaired) electrons. The van der Waals surface area contributed by atoms with Crippen LogP contribution in [-0.4, -0.2) is 49.7 Å². The molecule has 1 aromatic carbocycles. The molecule has 4 aromatic heterocycles. The molecule has 0 bridgehead atoms. The van der Waals surface area contributed by atoms with Gasteiger partial charge in [-0.3, -0.25) is 9.88 Å². The maximum atomic E-state index is 12.9. The van der Waals surface area contributed by atoms with E-state index in [9.17, 15) is 18.4 Å². The third-order valence-electron chi connectivity index (χ3n) is 8.94. The van der Waals surface area contributed by atoms with Gasteiger partial charge in [0.05, 0.1) is 23.2 Å². The van der Waals surface area contributed by atoms with Gasteiger partial charge in [-0.05, 0) is 74.2 Å². The Bertz CT molecular complexity index is 2030. The van der Waals surface area contributed by atoms with Crippen molar-refractivity contribution < 1.29 is 13.2 Å². The summed E-state index contributed by atoms with van der Waals surface area (Å²) < 4.78 is 40.9. The Morgan fingerprint density at radius 2 is 1.92 bits per heavy atom. The Kier molecular flexibility index (Phi) is 9.53. The largest absolute Gasteiger partial charge is 0.393 e. The summed E-state index contributed by atoms with van der Waals surface area (Å²) in [5.74, 6) is 0.594. The van der Waals surface area contributed by atoms with E-state index in [0.29, 0.717) is 40.4 Å². The van der Waals surface area contributed by atoms with E-state index >= 15 is 0 Å². The highest BCUT2D eigenvalue weighted by molar-refractivity contribution is 7.18. The second-order valence-corrected chi connectivity index (χ2v) is 13.4. The molecule has 1 saturated heterocycles. The van der Waals surface area contributed by atoms with Crippen molar-refractivity contribution in [2.24, 2.45) is 0 Å². The summed E-state index contributed by atoms with van der Waals surface area (Å²) in [6.45, 7) is 14.9. The molecule has 1 aliphatic heterocycles. The van der Waals surface area contributed by atoms with Gasteiger partial charge in [-0.15, -0.1) is 11.3 Å². The molecule has 0 atom stereocenters. The molecule has 2 N–H and O–H groups in total. The lowest BCUT2D eigenvalue weighted by Gasteiger charge is -2.33. The summed E-state index contributed by atoms with van der Waals surface area (Å²) in [7, 11) is 0. The van der Waals surface area contributed by atoms with Crippen molar-refractivity contribution in [2.45, 2.75) is 64.8 Å². The van der Waals surface area contributed by atoms with Crippen molar-refractivity contribution >= 4 is 44.0 Å². The lowest BCUT2D eigenvalue weighted by atomic mass is 10.0. The Hall–Kier alpha value is -4.73. The molecule has 0 aliphatic carbocycles. The number of halogens is 3. The summed E-state index contributed by atoms with van der Waals surface area (Å²) in [6, 6.07) is 14.4. The lowest BCUT2D eigenvalue weighted by molar-refractivity contribution is -0.126. The van der Waals surface area contributed by atoms with Crippen LogP contribution in [0.4, 0.5) is 24.7 Å². The molecule has 248 valence electrons. The van der Waals surface area contributed by atoms with Gasteiger partial charge in [0.1, 0.15) is 28.7 Å². The van der Waals surface area contributed by atoms with Gasteiger partial charge in [0, 0.05) is 65.8 Å². The number of thiophene rings is 1. The summed E-state index contributed by atoms with van der Waals surface area (Å²) in [5, 5.41) is 18.4. The Morgan fingerprint density at radius 1 is 1.12 bits per heavy atom. The predicted octanol–water partition coefficient (Wildman–Crippen LogP) is 8.07. The molecule has 0 spiro atoms. The highest BCUT2D eigenvalue weighted by Gasteiger charge is 2.29. The quantitative estimate of drug-likeness (QED) is 0.137. The standard InChI is InChI=1S/C36H37F3N8S/c1-5-22(2)43-32-8-7-26(44-24(32)4)12-15-47-28(19-40)16-30-23(3)25(6-9-33(30)47)20-46-13-10-27(11-14-46)45-34-31-17-29(18-36(37,38)39)48-35(31)42-21-41-34/h5-9,16-17,21,27,43H,1-2,10-15,18,20H2,3-4H3,(H,41,42,45). The predicted molar refractivity (Wildman–Crippen MR) is 186 cm³/mol. The van der Waals surface area contributed by atoms with Crippen LogP contribution in [0.25, 0.3) is 21.1 Å². The number of allylic oxidation sites excluding steroid dienone is 1. The number of nitrogens with one attached hydrogen (secondary N) is 2. The fourth-order valence-electron chi connectivity index (χ4n) is 6.34. The van der Waals surface area contributed by atoms with Crippen molar-refractivity contribution in [2.75, 3.05) is 23.7 Å². The molecule has 5 heterocycles. The van der Waals surface area contributed by atoms with E-state index in [1.807, 2.05) is 25.1 Å². The van der Waals surface area contributed by atoms with Crippen LogP contribution >= 0.6 is 11.3 Å². The van der Waals surface area contributed by atoms with Crippen molar-refractivity contribution in [3.8, 4) is 6.07 Å². The minimum absolute atomic E-state index is 0.165. The first-order chi connectivity index (χ1) is 23.0. The third kappa shape index (κ3) is 7.37. The second kappa shape index (κ2) is 13.8. The Morgan fingerprint density at radius 3 is 2.62 bits per heavy atom. The normalized spacial score (nSPS) is 14.3. The maximum Gasteiger partial charge on any atom is 0.393 e. The van der Waals surface area contributed by atoms with E-state index in [0.717, 1.165) is 71.8 Å². The number of anilines is 2. The smallest absolute Gasteiger partial charge is 0.367 e. The molecule has 0 unspecified atom stereocenters. The fourth-order valence-corrected chi connectivity index (χ4v) is 7.36. The van der Waals surface area contributed by atoms with Crippen molar-refractivity contribution in [3.05, 3.63) is 101 Å². The number of aryl methyl sites for hydroxylation is 4. The van der Waals surface area contributed by atoms with Crippen LogP contribution in [0.15, 0.2) is 67.7 Å². The number of piperidine rings is 1. The summed E-state index contributed by atoms with van der Waals surface area (Å²) >= 11 is 1.06. The molecule has 8 nitrogen and oxygen atoms in total. The first kappa shape index (κ1) is 33.2. The van der Waals surface area contributed by atoms with E-state index in [4.69, 9.17) is 4.98 Å². The zero-order chi connectivity index (χ0) is 34.0. The van der Waals surface area contributed by atoms with E-state index in [1.165, 1.54) is 17.5 Å². The second-order valence-electron chi connectivity index (χ2n) is 12.3. The average Bonchev–Trinajstić information content (AvgIpc) is 3.63. The van der Waals surface area contributed by atoms with Crippen molar-refractivity contribution in [1.29, 1.82) is 5.26 Å². The zero-order valence-electron chi connectivity index (χ0n) is 27.0. The Labute approximate surface area is 281 Å². The van der Waals surface area contributed by atoms with E-state index in [-0.39, 0.29) is 10.9 Å². The highest BCUT2D eigenvalue weighted by Crippen LogP contribution is 2.33. The fraction of sp³-hybridized carbons (Fsp3) is 0.333. The zero-order valence-corrected chi connectivity index (χ0v) is 27.8. The van der Waals surface area contributed by atoms with E-state index < -0.39 is 12.6 Å². The van der Waals surface area contributed by atoms with Gasteiger partial charge in [-0.25, -0.2) is 9.97 Å². The van der Waals surface area contributed by atoms with Gasteiger partial charge in [0.15, 0.2) is 0 Å². The summed E-state index contributed by atoms with van der Waals surface area (Å²) in [4.78, 5) is 16.5. The first-order valence-corrected chi connectivity index (χ1v) is 16.7. The van der Waals surface area contributed by atoms with Crippen molar-refractivity contribution in [1.82, 2.24) is 24.4 Å². The molecule has 5 aromatic rings. The van der Waals surface area contributed by atoms with Gasteiger partial charge in [-0.1, -0.05) is 19.2 Å². The summed E-state index contributed by atoms with van der Waals surface area (Å²) in [5.41, 5.74) is 7.50. The van der Waals surface area contributed by atoms with Crippen LogP contribution < -0.4 is 10.6 Å². The van der Waals surface area contributed by atoms with Gasteiger partial charge in [-0.2, -0.15) is 18.4 Å². The maximum absolute atomic E-state index is 12.9. The average molecular weight is 671 g/mol. The van der Waals surface area contributed by atoms with Gasteiger partial charge < -0.3 is 15.2 Å². The third-order valence-corrected chi connectivity index (χ3v) is 9.98. The summed E-state index contributed by atoms with van der Waals surface area (Å²) in [6.07, 6.45) is 0.310. The molecule has 1 fully saturated rings. The minimum Gasteiger partial charge on any atom is -0.367 e. The minimum atomic E-state index is -4.26. The number of alkyl halides is 3. The van der Waals surface area contributed by atoms with Gasteiger partial charge in [0.25, 0.3) is 0 Å². The van der Waals surface area contributed by atoms with E-state index in [1.54, 1.807) is 12.1 Å². The van der Waals surface area contributed by atoms with Crippen LogP contribution in [0.2, 0.25) is 0 Å². The van der Waals surface area contributed by atoms with Crippen LogP contribution in [0.5, 0.6) is 0 Å². The number of fused-ring (bicyclic) bond motifs is 2. The molecular weight excluding hydrogens is 634 g/mol. The molecule has 12 heteroatoms. The number of likely N-dealkylation sites (tertiary alicyclic amines) is 1. The number of hydrogen-bond acceptors (Lipinski definition) is 8. The number of pyridine rings is 1. The molecular formula is C36H37F3N8S. The molecule has 6 rings (SSSR count). The number of rotatable bonds is 11. The van der Waals surface area contributed by atoms with Crippen LogP contribution in [-0.2, 0) is 25.9 Å². The van der Waals surface area contributed by atoms with Crippen molar-refractivity contribution in [3.63, 3.8) is 0 Å². The number of nitrogens with zero attached hydrogens (tertiary/aromatic N) is 6. The van der Waals surface area contributed by atoms with Crippen LogP contribution in [0.1, 0.15) is 45.9 Å². The van der Waals surface area contributed by atoms with Crippen LogP contribution in [0, 0.1) is 25.2 Å². The first-order valence-electron chi connectivity index (χ1n) is 15.9. The van der Waals surface area contributed by atoms with Gasteiger partial charge >= 0.3 is 6.18 Å². The van der Waals surface area contributed by atoms with Gasteiger partial charge in [0.2, 0.25) is 0 Å². The topological polar surface area (TPSA) is 94.7 Å². The monoisotopic (exact) mass is 670 g/mol. The molecule has 1 aliphatic rings. The number of nitriles is 1. The molecule has 0 saturated carbocycles. The lowest BCUT2D eigenvalue weighted by Crippen LogP contribution is -2.39.